The van der Waals surface area contributed by atoms with E-state index >= 15 is 0 Å². The highest BCUT2D eigenvalue weighted by atomic mass is 16.5. The van der Waals surface area contributed by atoms with Crippen molar-refractivity contribution in [3.8, 4) is 5.75 Å². The predicted molar refractivity (Wildman–Crippen MR) is 123 cm³/mol. The van der Waals surface area contributed by atoms with Crippen molar-refractivity contribution in [1.29, 1.82) is 0 Å². The molecule has 2 aromatic carbocycles. The van der Waals surface area contributed by atoms with E-state index < -0.39 is 5.54 Å². The number of para-hydroxylation sites is 1. The number of hydrogen-bond donors (Lipinski definition) is 2. The summed E-state index contributed by atoms with van der Waals surface area (Å²) in [5.41, 5.74) is 8.13. The summed E-state index contributed by atoms with van der Waals surface area (Å²) in [6, 6.07) is 15.0. The average Bonchev–Trinajstić information content (AvgIpc) is 2.81. The molecule has 1 atom stereocenters. The zero-order valence-electron chi connectivity index (χ0n) is 18.6. The van der Waals surface area contributed by atoms with Crippen LogP contribution < -0.4 is 15.8 Å². The van der Waals surface area contributed by atoms with Gasteiger partial charge in [-0.3, -0.25) is 14.5 Å². The van der Waals surface area contributed by atoms with Gasteiger partial charge in [-0.1, -0.05) is 44.2 Å². The fraction of sp³-hybridized carbons (Fsp3) is 0.400. The van der Waals surface area contributed by atoms with Gasteiger partial charge >= 0.3 is 0 Å². The summed E-state index contributed by atoms with van der Waals surface area (Å²) < 4.78 is 5.68. The van der Waals surface area contributed by atoms with Crippen molar-refractivity contribution in [1.82, 2.24) is 10.2 Å². The van der Waals surface area contributed by atoms with Crippen LogP contribution in [0.1, 0.15) is 67.1 Å². The number of fused-ring (bicyclic) bond motifs is 1. The lowest BCUT2D eigenvalue weighted by atomic mass is 9.88. The first-order valence-corrected chi connectivity index (χ1v) is 11.2. The lowest BCUT2D eigenvalue weighted by Crippen LogP contribution is -2.50. The summed E-state index contributed by atoms with van der Waals surface area (Å²) in [6.07, 6.45) is 2.61. The number of nitrogens with one attached hydrogen (secondary N) is 1. The Balaban J connectivity index is 1.49. The minimum absolute atomic E-state index is 0.0325. The molecule has 2 amide bonds. The summed E-state index contributed by atoms with van der Waals surface area (Å²) in [6.45, 7) is 4.91. The maximum absolute atomic E-state index is 13.0. The third kappa shape index (κ3) is 4.33. The molecule has 168 valence electrons. The number of carbonyl (C=O) groups excluding carboxylic acids is 2. The number of nitrogens with zero attached hydrogens (tertiary/aromatic N) is 2. The second kappa shape index (κ2) is 9.02. The Morgan fingerprint density at radius 3 is 2.75 bits per heavy atom. The van der Waals surface area contributed by atoms with Crippen molar-refractivity contribution in [3.63, 3.8) is 0 Å². The molecule has 0 bridgehead atoms. The lowest BCUT2D eigenvalue weighted by Gasteiger charge is -2.36. The number of ether oxygens (including phenoxy) is 1. The van der Waals surface area contributed by atoms with Gasteiger partial charge in [0, 0.05) is 17.5 Å². The van der Waals surface area contributed by atoms with E-state index in [1.54, 1.807) is 6.07 Å². The van der Waals surface area contributed by atoms with Gasteiger partial charge in [0.25, 0.3) is 5.91 Å². The highest BCUT2D eigenvalue weighted by Crippen LogP contribution is 2.32. The Bertz CT molecular complexity index is 1040. The molecule has 0 saturated carbocycles. The fourth-order valence-electron chi connectivity index (χ4n) is 4.40. The van der Waals surface area contributed by atoms with E-state index in [9.17, 15) is 9.59 Å². The SMILES string of the molecule is CCC1(CC)CC(=O)N(Cc2cccc(C(=O)NC3CCOc4ccccc43)c2)C(N)=N1. The lowest BCUT2D eigenvalue weighted by molar-refractivity contribution is -0.130. The van der Waals surface area contributed by atoms with Gasteiger partial charge in [-0.25, -0.2) is 4.99 Å². The van der Waals surface area contributed by atoms with Crippen LogP contribution in [0.2, 0.25) is 0 Å². The number of aliphatic imine (C=N–C) groups is 1. The topological polar surface area (TPSA) is 97.0 Å². The number of amides is 2. The Morgan fingerprint density at radius 1 is 1.22 bits per heavy atom. The van der Waals surface area contributed by atoms with Crippen LogP contribution in [0.4, 0.5) is 0 Å². The highest BCUT2D eigenvalue weighted by molar-refractivity contribution is 5.99. The molecule has 0 aromatic heterocycles. The number of rotatable bonds is 6. The molecule has 7 nitrogen and oxygen atoms in total. The van der Waals surface area contributed by atoms with Gasteiger partial charge in [-0.2, -0.15) is 0 Å². The van der Waals surface area contributed by atoms with Crippen molar-refractivity contribution in [3.05, 3.63) is 65.2 Å². The second-order valence-corrected chi connectivity index (χ2v) is 8.46. The molecule has 2 aliphatic rings. The molecule has 2 heterocycles. The summed E-state index contributed by atoms with van der Waals surface area (Å²) >= 11 is 0. The number of nitrogens with two attached hydrogens (primary N) is 1. The summed E-state index contributed by atoms with van der Waals surface area (Å²) in [5.74, 6) is 0.871. The van der Waals surface area contributed by atoms with Crippen LogP contribution >= 0.6 is 0 Å². The minimum atomic E-state index is -0.403. The van der Waals surface area contributed by atoms with Crippen LogP contribution in [0.25, 0.3) is 0 Å². The summed E-state index contributed by atoms with van der Waals surface area (Å²) in [4.78, 5) is 31.9. The Hall–Kier alpha value is -3.35. The molecule has 2 aliphatic heterocycles. The van der Waals surface area contributed by atoms with Crippen LogP contribution in [0, 0.1) is 0 Å². The van der Waals surface area contributed by atoms with E-state index in [0.29, 0.717) is 31.6 Å². The van der Waals surface area contributed by atoms with Gasteiger partial charge in [0.15, 0.2) is 5.96 Å². The van der Waals surface area contributed by atoms with Crippen LogP contribution in [-0.2, 0) is 11.3 Å². The van der Waals surface area contributed by atoms with Crippen LogP contribution in [0.15, 0.2) is 53.5 Å². The Kier molecular flexibility index (Phi) is 6.17. The molecule has 32 heavy (non-hydrogen) atoms. The molecule has 0 radical (unpaired) electrons. The maximum atomic E-state index is 13.0. The van der Waals surface area contributed by atoms with Crippen LogP contribution in [-0.4, -0.2) is 34.8 Å². The van der Waals surface area contributed by atoms with Crippen LogP contribution in [0.5, 0.6) is 5.75 Å². The van der Waals surface area contributed by atoms with Crippen molar-refractivity contribution in [2.75, 3.05) is 6.61 Å². The third-order valence-electron chi connectivity index (χ3n) is 6.52. The van der Waals surface area contributed by atoms with E-state index in [4.69, 9.17) is 10.5 Å². The zero-order valence-corrected chi connectivity index (χ0v) is 18.6. The van der Waals surface area contributed by atoms with E-state index in [2.05, 4.69) is 10.3 Å². The predicted octanol–water partition coefficient (Wildman–Crippen LogP) is 3.55. The standard InChI is InChI=1S/C25H30N4O3/c1-3-25(4-2)15-22(30)29(24(26)28-25)16-17-8-7-9-18(14-17)23(31)27-20-12-13-32-21-11-6-5-10-19(20)21/h5-11,14,20H,3-4,12-13,15-16H2,1-2H3,(H2,26,28)(H,27,31). The van der Waals surface area contributed by atoms with Crippen molar-refractivity contribution in [2.45, 2.75) is 57.7 Å². The van der Waals surface area contributed by atoms with Gasteiger partial charge in [0.05, 0.1) is 31.2 Å². The maximum Gasteiger partial charge on any atom is 0.251 e. The van der Waals surface area contributed by atoms with Gasteiger partial charge < -0.3 is 15.8 Å². The van der Waals surface area contributed by atoms with Gasteiger partial charge in [0.2, 0.25) is 5.91 Å². The van der Waals surface area contributed by atoms with Crippen molar-refractivity contribution in [2.24, 2.45) is 10.7 Å². The average molecular weight is 435 g/mol. The molecule has 2 aromatic rings. The normalized spacial score (nSPS) is 19.6. The first-order chi connectivity index (χ1) is 15.4. The molecule has 4 rings (SSSR count). The first kappa shape index (κ1) is 21.9. The molecule has 7 heteroatoms. The summed E-state index contributed by atoms with van der Waals surface area (Å²) in [7, 11) is 0. The quantitative estimate of drug-likeness (QED) is 0.727. The molecular formula is C25H30N4O3. The minimum Gasteiger partial charge on any atom is -0.493 e. The van der Waals surface area contributed by atoms with Crippen molar-refractivity contribution >= 4 is 17.8 Å². The zero-order chi connectivity index (χ0) is 22.7. The molecule has 0 spiro atoms. The molecule has 0 aliphatic carbocycles. The number of guanidine groups is 1. The van der Waals surface area contributed by atoms with E-state index in [-0.39, 0.29) is 23.8 Å². The Labute approximate surface area is 188 Å². The van der Waals surface area contributed by atoms with E-state index in [0.717, 1.165) is 29.7 Å². The number of hydrogen-bond acceptors (Lipinski definition) is 5. The molecular weight excluding hydrogens is 404 g/mol. The smallest absolute Gasteiger partial charge is 0.251 e. The van der Waals surface area contributed by atoms with Gasteiger partial charge in [0.1, 0.15) is 5.75 Å². The van der Waals surface area contributed by atoms with Gasteiger partial charge in [-0.15, -0.1) is 0 Å². The Morgan fingerprint density at radius 2 is 2.00 bits per heavy atom. The highest BCUT2D eigenvalue weighted by Gasteiger charge is 2.37. The molecule has 3 N–H and O–H groups in total. The second-order valence-electron chi connectivity index (χ2n) is 8.46. The van der Waals surface area contributed by atoms with Crippen LogP contribution in [0.3, 0.4) is 0 Å². The molecule has 0 fully saturated rings. The van der Waals surface area contributed by atoms with Crippen molar-refractivity contribution < 1.29 is 14.3 Å². The van der Waals surface area contributed by atoms with Gasteiger partial charge in [-0.05, 0) is 36.6 Å². The monoisotopic (exact) mass is 434 g/mol. The van der Waals surface area contributed by atoms with E-state index in [1.807, 2.05) is 56.3 Å². The number of carbonyl (C=O) groups is 2. The molecule has 0 saturated heterocycles. The first-order valence-electron chi connectivity index (χ1n) is 11.2. The molecule has 1 unspecified atom stereocenters. The number of benzene rings is 2. The fourth-order valence-corrected chi connectivity index (χ4v) is 4.40. The largest absolute Gasteiger partial charge is 0.493 e. The third-order valence-corrected chi connectivity index (χ3v) is 6.52. The van der Waals surface area contributed by atoms with E-state index in [1.165, 1.54) is 4.90 Å². The summed E-state index contributed by atoms with van der Waals surface area (Å²) in [5, 5.41) is 3.12.